The van der Waals surface area contributed by atoms with Crippen molar-refractivity contribution in [2.45, 2.75) is 31.2 Å². The summed E-state index contributed by atoms with van der Waals surface area (Å²) in [6, 6.07) is 33.2. The summed E-state index contributed by atoms with van der Waals surface area (Å²) in [7, 11) is 0. The molecule has 0 heterocycles. The lowest BCUT2D eigenvalue weighted by Gasteiger charge is -2.35. The number of alkyl halides is 1. The average Bonchev–Trinajstić information content (AvgIpc) is 3.21. The van der Waals surface area contributed by atoms with Crippen LogP contribution in [0.15, 0.2) is 121 Å². The van der Waals surface area contributed by atoms with Crippen molar-refractivity contribution in [1.29, 1.82) is 0 Å². The van der Waals surface area contributed by atoms with Crippen molar-refractivity contribution in [2.75, 3.05) is 4.90 Å². The molecule has 1 unspecified atom stereocenters. The summed E-state index contributed by atoms with van der Waals surface area (Å²) in [4.78, 5) is 2.28. The summed E-state index contributed by atoms with van der Waals surface area (Å²) >= 11 is 3.69. The summed E-state index contributed by atoms with van der Waals surface area (Å²) < 4.78 is 0. The monoisotopic (exact) mass is 535 g/mol. The quantitative estimate of drug-likeness (QED) is 0.188. The third-order valence-corrected chi connectivity index (χ3v) is 7.55. The lowest BCUT2D eigenvalue weighted by molar-refractivity contribution is 0.130. The van der Waals surface area contributed by atoms with Crippen LogP contribution in [0, 0.1) is 0 Å². The Bertz CT molecular complexity index is 1440. The topological polar surface area (TPSA) is 23.5 Å². The number of anilines is 2. The Labute approximate surface area is 222 Å². The molecule has 1 N–H and O–H groups in total. The van der Waals surface area contributed by atoms with Gasteiger partial charge in [-0.15, -0.1) is 0 Å². The van der Waals surface area contributed by atoms with Gasteiger partial charge in [0.25, 0.3) is 0 Å². The zero-order chi connectivity index (χ0) is 25.1. The molecule has 1 aliphatic rings. The molecule has 0 spiro atoms. The van der Waals surface area contributed by atoms with Crippen LogP contribution in [-0.4, -0.2) is 5.11 Å². The summed E-state index contributed by atoms with van der Waals surface area (Å²) in [5.74, 6) is 0. The first-order valence-electron chi connectivity index (χ1n) is 12.4. The Kier molecular flexibility index (Phi) is 6.95. The fourth-order valence-electron chi connectivity index (χ4n) is 5.38. The molecule has 1 aliphatic carbocycles. The number of allylic oxidation sites excluding steroid dienone is 4. The van der Waals surface area contributed by atoms with Crippen LogP contribution in [0.3, 0.4) is 0 Å². The van der Waals surface area contributed by atoms with E-state index >= 15 is 0 Å². The number of aliphatic hydroxyl groups is 1. The van der Waals surface area contributed by atoms with Crippen molar-refractivity contribution >= 4 is 27.3 Å². The molecule has 180 valence electrons. The maximum absolute atomic E-state index is 12.9. The minimum absolute atomic E-state index is 0.665. The lowest BCUT2D eigenvalue weighted by Crippen LogP contribution is -2.30. The van der Waals surface area contributed by atoms with E-state index in [4.69, 9.17) is 0 Å². The zero-order valence-electron chi connectivity index (χ0n) is 20.7. The van der Waals surface area contributed by atoms with E-state index in [0.717, 1.165) is 56.9 Å². The number of benzene rings is 4. The Morgan fingerprint density at radius 1 is 0.833 bits per heavy atom. The van der Waals surface area contributed by atoms with Crippen molar-refractivity contribution in [3.8, 4) is 11.1 Å². The van der Waals surface area contributed by atoms with E-state index in [9.17, 15) is 5.11 Å². The predicted octanol–water partition coefficient (Wildman–Crippen LogP) is 8.85. The summed E-state index contributed by atoms with van der Waals surface area (Å²) in [5.41, 5.74) is 7.90. The number of hydrogen-bond donors (Lipinski definition) is 1. The lowest BCUT2D eigenvalue weighted by atomic mass is 9.81. The Balaban J connectivity index is 1.84. The highest BCUT2D eigenvalue weighted by atomic mass is 79.9. The van der Waals surface area contributed by atoms with Gasteiger partial charge in [-0.2, -0.15) is 0 Å². The van der Waals surface area contributed by atoms with Crippen molar-refractivity contribution < 1.29 is 5.11 Å². The summed E-state index contributed by atoms with van der Waals surface area (Å²) in [5, 5.41) is 13.6. The number of para-hydroxylation sites is 2. The smallest absolute Gasteiger partial charge is 0.144 e. The van der Waals surface area contributed by atoms with Gasteiger partial charge in [-0.3, -0.25) is 0 Å². The summed E-state index contributed by atoms with van der Waals surface area (Å²) in [6.45, 7) is 4.20. The molecule has 2 nitrogen and oxygen atoms in total. The third-order valence-electron chi connectivity index (χ3n) is 6.94. The number of rotatable bonds is 7. The minimum Gasteiger partial charge on any atom is -0.376 e. The van der Waals surface area contributed by atoms with Gasteiger partial charge < -0.3 is 10.0 Å². The van der Waals surface area contributed by atoms with Crippen LogP contribution >= 0.6 is 15.9 Å². The second-order valence-corrected chi connectivity index (χ2v) is 9.52. The minimum atomic E-state index is -1.29. The van der Waals surface area contributed by atoms with Crippen LogP contribution in [-0.2, 0) is 10.9 Å². The van der Waals surface area contributed by atoms with Gasteiger partial charge >= 0.3 is 0 Å². The molecule has 5 rings (SSSR count). The molecule has 3 heteroatoms. The number of halogens is 1. The average molecular weight is 537 g/mol. The molecule has 0 aromatic heterocycles. The van der Waals surface area contributed by atoms with E-state index in [1.807, 2.05) is 37.3 Å². The standard InChI is InChI=1S/C33H30BrNO/c1-3-5-15-25(4-2)35(26-16-7-6-8-17-26)31-22-12-11-21-30(31)33(36)29-20-10-9-18-27(29)28-19-13-14-24(23-34)32(28)33/h3,5-22,36H,4,23H2,1-2H3/b5-3-,25-15+. The van der Waals surface area contributed by atoms with Crippen LogP contribution in [0.25, 0.3) is 11.1 Å². The van der Waals surface area contributed by atoms with Crippen molar-refractivity contribution in [1.82, 2.24) is 0 Å². The number of nitrogens with zero attached hydrogens (tertiary/aromatic N) is 1. The van der Waals surface area contributed by atoms with E-state index in [1.54, 1.807) is 0 Å². The van der Waals surface area contributed by atoms with Gasteiger partial charge in [0.05, 0.1) is 5.69 Å². The third kappa shape index (κ3) is 3.93. The van der Waals surface area contributed by atoms with Gasteiger partial charge in [-0.25, -0.2) is 0 Å². The zero-order valence-corrected chi connectivity index (χ0v) is 22.2. The van der Waals surface area contributed by atoms with E-state index in [-0.39, 0.29) is 0 Å². The molecule has 0 amide bonds. The molecule has 0 bridgehead atoms. The SMILES string of the molecule is C/C=C\C=C(/CC)N(c1ccccc1)c1ccccc1C1(O)c2ccccc2-c2cccc(CBr)c21. The van der Waals surface area contributed by atoms with E-state index < -0.39 is 5.60 Å². The van der Waals surface area contributed by atoms with E-state index in [2.05, 4.69) is 113 Å². The second kappa shape index (κ2) is 10.3. The van der Waals surface area contributed by atoms with Crippen molar-refractivity contribution in [3.05, 3.63) is 143 Å². The molecule has 4 aromatic rings. The first-order valence-corrected chi connectivity index (χ1v) is 13.5. The molecule has 0 saturated carbocycles. The van der Waals surface area contributed by atoms with Crippen molar-refractivity contribution in [2.24, 2.45) is 0 Å². The van der Waals surface area contributed by atoms with Crippen LogP contribution in [0.1, 0.15) is 42.5 Å². The number of hydrogen-bond acceptors (Lipinski definition) is 2. The largest absolute Gasteiger partial charge is 0.376 e. The highest BCUT2D eigenvalue weighted by Crippen LogP contribution is 2.55. The maximum Gasteiger partial charge on any atom is 0.144 e. The molecule has 36 heavy (non-hydrogen) atoms. The van der Waals surface area contributed by atoms with Crippen LogP contribution in [0.4, 0.5) is 11.4 Å². The summed E-state index contributed by atoms with van der Waals surface area (Å²) in [6.07, 6.45) is 7.12. The van der Waals surface area contributed by atoms with Crippen LogP contribution < -0.4 is 4.90 Å². The Morgan fingerprint density at radius 2 is 1.50 bits per heavy atom. The Morgan fingerprint density at radius 3 is 2.22 bits per heavy atom. The van der Waals surface area contributed by atoms with Crippen LogP contribution in [0.5, 0.6) is 0 Å². The highest BCUT2D eigenvalue weighted by Gasteiger charge is 2.46. The fraction of sp³-hybridized carbons (Fsp3) is 0.152. The van der Waals surface area contributed by atoms with Gasteiger partial charge in [-0.1, -0.05) is 114 Å². The molecular formula is C33H30BrNO. The molecule has 0 radical (unpaired) electrons. The maximum atomic E-state index is 12.9. The normalized spacial score (nSPS) is 16.7. The molecule has 1 atom stereocenters. The fourth-order valence-corrected chi connectivity index (χ4v) is 5.85. The highest BCUT2D eigenvalue weighted by molar-refractivity contribution is 9.08. The molecule has 4 aromatic carbocycles. The first kappa shape index (κ1) is 24.3. The van der Waals surface area contributed by atoms with Gasteiger partial charge in [0.2, 0.25) is 0 Å². The van der Waals surface area contributed by atoms with E-state index in [0.29, 0.717) is 5.33 Å². The Hall–Kier alpha value is -3.40. The first-order chi connectivity index (χ1) is 17.6. The second-order valence-electron chi connectivity index (χ2n) is 8.95. The molecule has 0 fully saturated rings. The van der Waals surface area contributed by atoms with Crippen LogP contribution in [0.2, 0.25) is 0 Å². The van der Waals surface area contributed by atoms with Gasteiger partial charge in [-0.05, 0) is 54.3 Å². The number of fused-ring (bicyclic) bond motifs is 3. The van der Waals surface area contributed by atoms with E-state index in [1.165, 1.54) is 0 Å². The molecular weight excluding hydrogens is 506 g/mol. The van der Waals surface area contributed by atoms with Gasteiger partial charge in [0.15, 0.2) is 0 Å². The van der Waals surface area contributed by atoms with Gasteiger partial charge in [0.1, 0.15) is 5.60 Å². The predicted molar refractivity (Wildman–Crippen MR) is 155 cm³/mol. The molecule has 0 aliphatic heterocycles. The van der Waals surface area contributed by atoms with Crippen molar-refractivity contribution in [3.63, 3.8) is 0 Å². The van der Waals surface area contributed by atoms with Gasteiger partial charge in [0, 0.05) is 33.4 Å². The molecule has 0 saturated heterocycles.